The van der Waals surface area contributed by atoms with Gasteiger partial charge in [-0.25, -0.2) is 19.9 Å². The van der Waals surface area contributed by atoms with Gasteiger partial charge in [0.1, 0.15) is 11.8 Å². The number of benzene rings is 1. The number of hydrogen-bond donors (Lipinski definition) is 2. The van der Waals surface area contributed by atoms with Gasteiger partial charge in [-0.05, 0) is 35.2 Å². The van der Waals surface area contributed by atoms with E-state index in [-0.39, 0.29) is 0 Å². The number of nitrogens with one attached hydrogen (secondary N) is 2. The van der Waals surface area contributed by atoms with Crippen molar-refractivity contribution in [2.45, 2.75) is 26.3 Å². The molecule has 5 aromatic rings. The van der Waals surface area contributed by atoms with Gasteiger partial charge in [0.15, 0.2) is 11.5 Å². The molecule has 0 fully saturated rings. The van der Waals surface area contributed by atoms with E-state index < -0.39 is 0 Å². The lowest BCUT2D eigenvalue weighted by molar-refractivity contribution is 0.864. The first-order valence-electron chi connectivity index (χ1n) is 10.0. The third-order valence-corrected chi connectivity index (χ3v) is 5.58. The van der Waals surface area contributed by atoms with Crippen LogP contribution in [0.25, 0.3) is 33.3 Å². The van der Waals surface area contributed by atoms with Gasteiger partial charge in [-0.2, -0.15) is 0 Å². The molecule has 0 amide bonds. The van der Waals surface area contributed by atoms with E-state index in [0.29, 0.717) is 29.0 Å². The first-order valence-corrected chi connectivity index (χ1v) is 10.4. The van der Waals surface area contributed by atoms with Gasteiger partial charge < -0.3 is 10.3 Å². The van der Waals surface area contributed by atoms with Crippen molar-refractivity contribution in [2.24, 2.45) is 0 Å². The maximum absolute atomic E-state index is 6.48. The Labute approximate surface area is 184 Å². The minimum Gasteiger partial charge on any atom is -0.364 e. The van der Waals surface area contributed by atoms with Gasteiger partial charge >= 0.3 is 0 Å². The second-order valence-electron chi connectivity index (χ2n) is 7.60. The molecule has 31 heavy (non-hydrogen) atoms. The molecule has 0 atom stereocenters. The summed E-state index contributed by atoms with van der Waals surface area (Å²) in [5, 5.41) is 5.02. The largest absolute Gasteiger partial charge is 0.364 e. The molecule has 154 valence electrons. The Bertz CT molecular complexity index is 1390. The number of hydrogen-bond acceptors (Lipinski definition) is 6. The van der Waals surface area contributed by atoms with Crippen molar-refractivity contribution in [2.75, 3.05) is 5.32 Å². The summed E-state index contributed by atoms with van der Waals surface area (Å²) in [5.74, 6) is 1.02. The summed E-state index contributed by atoms with van der Waals surface area (Å²) >= 11 is 6.48. The summed E-state index contributed by atoms with van der Waals surface area (Å²) in [4.78, 5) is 25.2. The Balaban J connectivity index is 1.64. The molecule has 0 spiro atoms. The molecule has 4 aromatic heterocycles. The lowest BCUT2D eigenvalue weighted by Crippen LogP contribution is -2.07. The highest BCUT2D eigenvalue weighted by Crippen LogP contribution is 2.33. The molecule has 1 aromatic carbocycles. The van der Waals surface area contributed by atoms with Crippen molar-refractivity contribution < 1.29 is 0 Å². The fourth-order valence-corrected chi connectivity index (χ4v) is 3.98. The molecule has 0 aliphatic carbocycles. The van der Waals surface area contributed by atoms with Crippen LogP contribution in [0.3, 0.4) is 0 Å². The molecule has 0 unspecified atom stereocenters. The standard InChI is InChI=1S/C23H20ClN7/c1-13(2)16-6-7-25-10-17(16)19-15(8-14-4-3-5-18(24)20(14)31-19)9-26-22-21-23(28-11-27-21)30-12-29-22/h3-8,10-13H,9H2,1-2H3,(H2,26,27,28,29,30). The molecular formula is C23H20ClN7. The smallest absolute Gasteiger partial charge is 0.182 e. The summed E-state index contributed by atoms with van der Waals surface area (Å²) < 4.78 is 0. The van der Waals surface area contributed by atoms with E-state index in [4.69, 9.17) is 16.6 Å². The average Bonchev–Trinajstić information content (AvgIpc) is 3.27. The van der Waals surface area contributed by atoms with Crippen LogP contribution in [0, 0.1) is 0 Å². The summed E-state index contributed by atoms with van der Waals surface area (Å²) in [6, 6.07) is 9.99. The van der Waals surface area contributed by atoms with Crippen LogP contribution in [0.4, 0.5) is 5.82 Å². The molecule has 0 saturated carbocycles. The highest BCUT2D eigenvalue weighted by molar-refractivity contribution is 6.35. The molecular weight excluding hydrogens is 410 g/mol. The van der Waals surface area contributed by atoms with Gasteiger partial charge in [-0.3, -0.25) is 4.98 Å². The quantitative estimate of drug-likeness (QED) is 0.391. The molecule has 7 nitrogen and oxygen atoms in total. The van der Waals surface area contributed by atoms with E-state index in [1.165, 1.54) is 11.9 Å². The van der Waals surface area contributed by atoms with Gasteiger partial charge in [0.25, 0.3) is 0 Å². The topological polar surface area (TPSA) is 92.3 Å². The second-order valence-corrected chi connectivity index (χ2v) is 8.01. The zero-order valence-electron chi connectivity index (χ0n) is 17.1. The van der Waals surface area contributed by atoms with E-state index in [1.807, 2.05) is 36.7 Å². The van der Waals surface area contributed by atoms with Crippen LogP contribution in [-0.2, 0) is 6.54 Å². The zero-order valence-corrected chi connectivity index (χ0v) is 17.9. The van der Waals surface area contributed by atoms with Gasteiger partial charge in [0.05, 0.1) is 22.6 Å². The van der Waals surface area contributed by atoms with Crippen molar-refractivity contribution in [1.82, 2.24) is 29.9 Å². The Morgan fingerprint density at radius 2 is 2.03 bits per heavy atom. The molecule has 0 aliphatic heterocycles. The van der Waals surface area contributed by atoms with E-state index >= 15 is 0 Å². The number of aromatic nitrogens is 6. The number of rotatable bonds is 5. The third-order valence-electron chi connectivity index (χ3n) is 5.28. The maximum atomic E-state index is 6.48. The fourth-order valence-electron chi connectivity index (χ4n) is 3.76. The number of halogens is 1. The van der Waals surface area contributed by atoms with Crippen LogP contribution in [-0.4, -0.2) is 29.9 Å². The van der Waals surface area contributed by atoms with Crippen molar-refractivity contribution in [3.05, 3.63) is 71.5 Å². The molecule has 4 heterocycles. The molecule has 0 aliphatic rings. The van der Waals surface area contributed by atoms with Gasteiger partial charge in [-0.1, -0.05) is 37.6 Å². The Morgan fingerprint density at radius 3 is 2.90 bits per heavy atom. The van der Waals surface area contributed by atoms with Crippen LogP contribution >= 0.6 is 11.6 Å². The minimum atomic E-state index is 0.328. The van der Waals surface area contributed by atoms with Crippen LogP contribution in [0.15, 0.2) is 55.4 Å². The predicted octanol–water partition coefficient (Wildman–Crippen LogP) is 5.35. The summed E-state index contributed by atoms with van der Waals surface area (Å²) in [6.07, 6.45) is 6.81. The van der Waals surface area contributed by atoms with E-state index in [2.05, 4.69) is 50.2 Å². The summed E-state index contributed by atoms with van der Waals surface area (Å²) in [7, 11) is 0. The molecule has 2 N–H and O–H groups in total. The number of anilines is 1. The van der Waals surface area contributed by atoms with Gasteiger partial charge in [0.2, 0.25) is 0 Å². The number of imidazole rings is 1. The van der Waals surface area contributed by atoms with Gasteiger partial charge in [0, 0.05) is 29.9 Å². The Hall–Kier alpha value is -3.58. The highest BCUT2D eigenvalue weighted by Gasteiger charge is 2.17. The van der Waals surface area contributed by atoms with E-state index in [9.17, 15) is 0 Å². The van der Waals surface area contributed by atoms with Crippen molar-refractivity contribution in [1.29, 1.82) is 0 Å². The van der Waals surface area contributed by atoms with Crippen molar-refractivity contribution >= 4 is 39.5 Å². The number of H-pyrrole nitrogens is 1. The summed E-state index contributed by atoms with van der Waals surface area (Å²) in [6.45, 7) is 4.85. The highest BCUT2D eigenvalue weighted by atomic mass is 35.5. The lowest BCUT2D eigenvalue weighted by Gasteiger charge is -2.17. The molecule has 0 radical (unpaired) electrons. The lowest BCUT2D eigenvalue weighted by atomic mass is 9.94. The number of nitrogens with zero attached hydrogens (tertiary/aromatic N) is 5. The monoisotopic (exact) mass is 429 g/mol. The van der Waals surface area contributed by atoms with Gasteiger partial charge in [-0.15, -0.1) is 0 Å². The third kappa shape index (κ3) is 3.57. The first-order chi connectivity index (χ1) is 15.1. The number of aromatic amines is 1. The van der Waals surface area contributed by atoms with Crippen molar-refractivity contribution in [3.63, 3.8) is 0 Å². The Morgan fingerprint density at radius 1 is 1.13 bits per heavy atom. The number of para-hydroxylation sites is 1. The van der Waals surface area contributed by atoms with Crippen LogP contribution in [0.5, 0.6) is 0 Å². The number of fused-ring (bicyclic) bond motifs is 2. The van der Waals surface area contributed by atoms with Crippen LogP contribution < -0.4 is 5.32 Å². The molecule has 0 saturated heterocycles. The maximum Gasteiger partial charge on any atom is 0.182 e. The molecule has 0 bridgehead atoms. The van der Waals surface area contributed by atoms with E-state index in [0.717, 1.165) is 33.2 Å². The Kier molecular flexibility index (Phi) is 4.95. The fraction of sp³-hybridized carbons (Fsp3) is 0.174. The van der Waals surface area contributed by atoms with Crippen LogP contribution in [0.2, 0.25) is 5.02 Å². The van der Waals surface area contributed by atoms with Crippen molar-refractivity contribution in [3.8, 4) is 11.3 Å². The first kappa shape index (κ1) is 19.4. The van der Waals surface area contributed by atoms with Crippen LogP contribution in [0.1, 0.15) is 30.9 Å². The normalized spacial score (nSPS) is 11.5. The molecule has 8 heteroatoms. The number of pyridine rings is 2. The SMILES string of the molecule is CC(C)c1ccncc1-c1nc2c(Cl)cccc2cc1CNc1ncnc2nc[nH]c12. The zero-order chi connectivity index (χ0) is 21.4. The van der Waals surface area contributed by atoms with E-state index in [1.54, 1.807) is 6.33 Å². The summed E-state index contributed by atoms with van der Waals surface area (Å²) in [5.41, 5.74) is 6.24. The average molecular weight is 430 g/mol. The minimum absolute atomic E-state index is 0.328. The molecule has 5 rings (SSSR count). The second kappa shape index (κ2) is 7.92. The predicted molar refractivity (Wildman–Crippen MR) is 123 cm³/mol.